The molecule has 0 spiro atoms. The third kappa shape index (κ3) is 5.52. The van der Waals surface area contributed by atoms with E-state index < -0.39 is 5.60 Å². The number of ketones is 1. The topological polar surface area (TPSA) is 46.6 Å². The van der Waals surface area contributed by atoms with Crippen molar-refractivity contribution in [3.63, 3.8) is 0 Å². The highest BCUT2D eigenvalue weighted by Crippen LogP contribution is 2.28. The molecule has 0 unspecified atom stereocenters. The molecule has 1 fully saturated rings. The standard InChI is InChI=1S/C12H20BrNO3/c1-12(2,3)17-11(16)14(9-4-5-9)7-6-10(15)8-13/h9H,4-8H2,1-3H3. The quantitative estimate of drug-likeness (QED) is 0.734. The van der Waals surface area contributed by atoms with Gasteiger partial charge in [0.2, 0.25) is 0 Å². The Kier molecular flexibility index (Phi) is 4.98. The van der Waals surface area contributed by atoms with Gasteiger partial charge in [0.15, 0.2) is 0 Å². The predicted octanol–water partition coefficient (Wildman–Crippen LogP) is 2.74. The van der Waals surface area contributed by atoms with Crippen LogP contribution in [0.2, 0.25) is 0 Å². The molecule has 0 atom stereocenters. The highest BCUT2D eigenvalue weighted by atomic mass is 79.9. The van der Waals surface area contributed by atoms with Gasteiger partial charge in [0.25, 0.3) is 0 Å². The Balaban J connectivity index is 2.48. The van der Waals surface area contributed by atoms with Crippen molar-refractivity contribution in [3.8, 4) is 0 Å². The zero-order valence-corrected chi connectivity index (χ0v) is 12.2. The molecule has 0 aromatic rings. The van der Waals surface area contributed by atoms with Gasteiger partial charge in [0.05, 0.1) is 5.33 Å². The van der Waals surface area contributed by atoms with E-state index in [2.05, 4.69) is 15.9 Å². The third-order valence-electron chi connectivity index (χ3n) is 2.40. The second kappa shape index (κ2) is 5.85. The normalized spacial score (nSPS) is 15.5. The van der Waals surface area contributed by atoms with Crippen molar-refractivity contribution in [2.75, 3.05) is 11.9 Å². The number of amides is 1. The van der Waals surface area contributed by atoms with Crippen LogP contribution in [-0.4, -0.2) is 40.3 Å². The van der Waals surface area contributed by atoms with Gasteiger partial charge in [0.1, 0.15) is 11.4 Å². The maximum atomic E-state index is 11.9. The van der Waals surface area contributed by atoms with Gasteiger partial charge in [-0.2, -0.15) is 0 Å². The Morgan fingerprint density at radius 1 is 1.35 bits per heavy atom. The Hall–Kier alpha value is -0.580. The summed E-state index contributed by atoms with van der Waals surface area (Å²) >= 11 is 3.12. The summed E-state index contributed by atoms with van der Waals surface area (Å²) in [5.74, 6) is 0.110. The largest absolute Gasteiger partial charge is 0.444 e. The van der Waals surface area contributed by atoms with E-state index in [1.807, 2.05) is 20.8 Å². The van der Waals surface area contributed by atoms with Gasteiger partial charge >= 0.3 is 6.09 Å². The van der Waals surface area contributed by atoms with Crippen LogP contribution in [0.1, 0.15) is 40.0 Å². The number of Topliss-reactive ketones (excluding diaryl/α,β-unsaturated/α-hetero) is 1. The molecular weight excluding hydrogens is 286 g/mol. The van der Waals surface area contributed by atoms with E-state index in [1.165, 1.54) is 0 Å². The summed E-state index contributed by atoms with van der Waals surface area (Å²) in [5, 5.41) is 0.347. The zero-order chi connectivity index (χ0) is 13.1. The van der Waals surface area contributed by atoms with Crippen molar-refractivity contribution in [1.82, 2.24) is 4.90 Å². The van der Waals surface area contributed by atoms with Crippen LogP contribution in [0.25, 0.3) is 0 Å². The van der Waals surface area contributed by atoms with Crippen molar-refractivity contribution in [2.24, 2.45) is 0 Å². The summed E-state index contributed by atoms with van der Waals surface area (Å²) in [6, 6.07) is 0.271. The summed E-state index contributed by atoms with van der Waals surface area (Å²) in [7, 11) is 0. The van der Waals surface area contributed by atoms with E-state index in [0.717, 1.165) is 12.8 Å². The molecule has 0 saturated heterocycles. The Morgan fingerprint density at radius 3 is 2.35 bits per heavy atom. The first-order chi connectivity index (χ1) is 7.83. The number of carbonyl (C=O) groups excluding carboxylic acids is 2. The molecule has 0 heterocycles. The van der Waals surface area contributed by atoms with Gasteiger partial charge in [-0.05, 0) is 33.6 Å². The Bertz CT molecular complexity index is 295. The van der Waals surface area contributed by atoms with Crippen LogP contribution in [-0.2, 0) is 9.53 Å². The molecule has 98 valence electrons. The molecule has 1 saturated carbocycles. The Morgan fingerprint density at radius 2 is 1.94 bits per heavy atom. The first-order valence-electron chi connectivity index (χ1n) is 5.91. The highest BCUT2D eigenvalue weighted by Gasteiger charge is 2.35. The minimum atomic E-state index is -0.482. The smallest absolute Gasteiger partial charge is 0.410 e. The van der Waals surface area contributed by atoms with Crippen LogP contribution in [0, 0.1) is 0 Å². The van der Waals surface area contributed by atoms with Gasteiger partial charge in [-0.3, -0.25) is 4.79 Å². The average Bonchev–Trinajstić information content (AvgIpc) is 2.99. The molecule has 0 aliphatic heterocycles. The maximum absolute atomic E-state index is 11.9. The fourth-order valence-electron chi connectivity index (χ4n) is 1.44. The van der Waals surface area contributed by atoms with E-state index in [9.17, 15) is 9.59 Å². The second-order valence-electron chi connectivity index (χ2n) is 5.33. The number of nitrogens with zero attached hydrogens (tertiary/aromatic N) is 1. The summed E-state index contributed by atoms with van der Waals surface area (Å²) in [5.41, 5.74) is -0.482. The van der Waals surface area contributed by atoms with Gasteiger partial charge in [0, 0.05) is 19.0 Å². The molecule has 4 nitrogen and oxygen atoms in total. The monoisotopic (exact) mass is 305 g/mol. The van der Waals surface area contributed by atoms with Crippen molar-refractivity contribution in [2.45, 2.75) is 51.7 Å². The number of ether oxygens (including phenoxy) is 1. The molecule has 0 radical (unpaired) electrons. The van der Waals surface area contributed by atoms with Gasteiger partial charge in [-0.1, -0.05) is 15.9 Å². The highest BCUT2D eigenvalue weighted by molar-refractivity contribution is 9.09. The lowest BCUT2D eigenvalue weighted by atomic mass is 10.2. The number of hydrogen-bond donors (Lipinski definition) is 0. The lowest BCUT2D eigenvalue weighted by Gasteiger charge is -2.27. The number of hydrogen-bond acceptors (Lipinski definition) is 3. The fourth-order valence-corrected chi connectivity index (χ4v) is 1.72. The van der Waals surface area contributed by atoms with Crippen molar-refractivity contribution >= 4 is 27.8 Å². The van der Waals surface area contributed by atoms with Gasteiger partial charge in [-0.25, -0.2) is 4.79 Å². The van der Waals surface area contributed by atoms with Crippen LogP contribution in [0.4, 0.5) is 4.79 Å². The molecular formula is C12H20BrNO3. The SMILES string of the molecule is CC(C)(C)OC(=O)N(CCC(=O)CBr)C1CC1. The molecule has 5 heteroatoms. The molecule has 1 amide bonds. The maximum Gasteiger partial charge on any atom is 0.410 e. The molecule has 0 N–H and O–H groups in total. The molecule has 0 aromatic carbocycles. The molecule has 1 aliphatic carbocycles. The summed E-state index contributed by atoms with van der Waals surface area (Å²) in [4.78, 5) is 24.8. The summed E-state index contributed by atoms with van der Waals surface area (Å²) in [6.07, 6.45) is 2.12. The predicted molar refractivity (Wildman–Crippen MR) is 69.4 cm³/mol. The number of carbonyl (C=O) groups is 2. The minimum absolute atomic E-state index is 0.110. The number of alkyl halides is 1. The molecule has 0 aromatic heterocycles. The van der Waals surface area contributed by atoms with Crippen molar-refractivity contribution in [3.05, 3.63) is 0 Å². The average molecular weight is 306 g/mol. The van der Waals surface area contributed by atoms with E-state index in [-0.39, 0.29) is 17.9 Å². The summed E-state index contributed by atoms with van der Waals surface area (Å²) < 4.78 is 5.33. The van der Waals surface area contributed by atoms with Crippen LogP contribution in [0.15, 0.2) is 0 Å². The van der Waals surface area contributed by atoms with E-state index >= 15 is 0 Å². The van der Waals surface area contributed by atoms with E-state index in [4.69, 9.17) is 4.74 Å². The van der Waals surface area contributed by atoms with Crippen LogP contribution >= 0.6 is 15.9 Å². The fraction of sp³-hybridized carbons (Fsp3) is 0.833. The van der Waals surface area contributed by atoms with Crippen LogP contribution < -0.4 is 0 Å². The van der Waals surface area contributed by atoms with Gasteiger partial charge in [-0.15, -0.1) is 0 Å². The van der Waals surface area contributed by atoms with Gasteiger partial charge < -0.3 is 9.64 Å². The number of rotatable bonds is 5. The molecule has 17 heavy (non-hydrogen) atoms. The van der Waals surface area contributed by atoms with Crippen molar-refractivity contribution < 1.29 is 14.3 Å². The lowest BCUT2D eigenvalue weighted by Crippen LogP contribution is -2.39. The molecule has 0 bridgehead atoms. The van der Waals surface area contributed by atoms with Crippen LogP contribution in [0.3, 0.4) is 0 Å². The minimum Gasteiger partial charge on any atom is -0.444 e. The Labute approximate surface area is 111 Å². The number of halogens is 1. The zero-order valence-electron chi connectivity index (χ0n) is 10.7. The lowest BCUT2D eigenvalue weighted by molar-refractivity contribution is -0.116. The third-order valence-corrected chi connectivity index (χ3v) is 3.02. The molecule has 1 aliphatic rings. The summed E-state index contributed by atoms with van der Waals surface area (Å²) in [6.45, 7) is 6.00. The molecule has 1 rings (SSSR count). The first-order valence-corrected chi connectivity index (χ1v) is 7.03. The van der Waals surface area contributed by atoms with Crippen molar-refractivity contribution in [1.29, 1.82) is 0 Å². The van der Waals surface area contributed by atoms with Crippen LogP contribution in [0.5, 0.6) is 0 Å². The van der Waals surface area contributed by atoms with E-state index in [0.29, 0.717) is 18.3 Å². The second-order valence-corrected chi connectivity index (χ2v) is 5.89. The van der Waals surface area contributed by atoms with E-state index in [1.54, 1.807) is 4.90 Å². The first kappa shape index (κ1) is 14.5.